The van der Waals surface area contributed by atoms with Gasteiger partial charge in [0.05, 0.1) is 24.6 Å². The number of hydrogen-bond acceptors (Lipinski definition) is 9. The molecule has 2 heterocycles. The number of ether oxygens (including phenoxy) is 3. The summed E-state index contributed by atoms with van der Waals surface area (Å²) in [7, 11) is -0.901. The number of anilines is 2. The van der Waals surface area contributed by atoms with Gasteiger partial charge in [0.15, 0.2) is 11.5 Å². The summed E-state index contributed by atoms with van der Waals surface area (Å²) in [4.78, 5) is 10.6. The lowest BCUT2D eigenvalue weighted by molar-refractivity contribution is -0.274. The molecule has 1 fully saturated rings. The highest BCUT2D eigenvalue weighted by Gasteiger charge is 2.32. The zero-order chi connectivity index (χ0) is 25.4. The first-order valence-corrected chi connectivity index (χ1v) is 11.8. The Bertz CT molecular complexity index is 1330. The van der Waals surface area contributed by atoms with Crippen molar-refractivity contribution in [2.24, 2.45) is 0 Å². The van der Waals surface area contributed by atoms with Crippen LogP contribution in [0.15, 0.2) is 41.3 Å². The molecule has 0 amide bonds. The van der Waals surface area contributed by atoms with Crippen molar-refractivity contribution >= 4 is 45.1 Å². The Hall–Kier alpha value is -3.23. The van der Waals surface area contributed by atoms with E-state index in [2.05, 4.69) is 14.7 Å². The van der Waals surface area contributed by atoms with Gasteiger partial charge in [-0.3, -0.25) is 0 Å². The van der Waals surface area contributed by atoms with Crippen LogP contribution >= 0.6 is 12.4 Å². The lowest BCUT2D eigenvalue weighted by atomic mass is 10.2. The van der Waals surface area contributed by atoms with E-state index >= 15 is 0 Å². The van der Waals surface area contributed by atoms with Crippen LogP contribution in [0.5, 0.6) is 17.2 Å². The fourth-order valence-electron chi connectivity index (χ4n) is 3.70. The van der Waals surface area contributed by atoms with Crippen molar-refractivity contribution in [1.82, 2.24) is 14.3 Å². The van der Waals surface area contributed by atoms with Crippen molar-refractivity contribution in [3.05, 3.63) is 36.4 Å². The number of nitrogen functional groups attached to an aromatic ring is 1. The van der Waals surface area contributed by atoms with Crippen molar-refractivity contribution in [2.75, 3.05) is 51.0 Å². The van der Waals surface area contributed by atoms with E-state index in [-0.39, 0.29) is 49.3 Å². The molecule has 0 radical (unpaired) electrons. The monoisotopic (exact) mass is 549 g/mol. The molecule has 0 atom stereocenters. The summed E-state index contributed by atoms with van der Waals surface area (Å²) >= 11 is 0. The van der Waals surface area contributed by atoms with Gasteiger partial charge in [0.2, 0.25) is 16.0 Å². The van der Waals surface area contributed by atoms with Crippen LogP contribution < -0.4 is 24.8 Å². The quantitative estimate of drug-likeness (QED) is 0.494. The number of piperazine rings is 1. The van der Waals surface area contributed by atoms with Crippen molar-refractivity contribution in [3.8, 4) is 17.2 Å². The Morgan fingerprint density at radius 2 is 1.53 bits per heavy atom. The average Bonchev–Trinajstić information content (AvgIpc) is 2.82. The smallest absolute Gasteiger partial charge is 0.493 e. The van der Waals surface area contributed by atoms with E-state index in [1.54, 1.807) is 17.0 Å². The van der Waals surface area contributed by atoms with Crippen LogP contribution in [0, 0.1) is 0 Å². The fraction of sp³-hybridized carbons (Fsp3) is 0.333. The molecular weight excluding hydrogens is 527 g/mol. The summed E-state index contributed by atoms with van der Waals surface area (Å²) in [5.41, 5.74) is 6.68. The molecule has 196 valence electrons. The van der Waals surface area contributed by atoms with E-state index in [9.17, 15) is 21.6 Å². The topological polar surface area (TPSA) is 120 Å². The molecule has 10 nitrogen and oxygen atoms in total. The second-order valence-electron chi connectivity index (χ2n) is 7.54. The van der Waals surface area contributed by atoms with Crippen LogP contribution in [0.2, 0.25) is 0 Å². The molecule has 0 spiro atoms. The summed E-state index contributed by atoms with van der Waals surface area (Å²) in [5, 5.41) is 0.588. The van der Waals surface area contributed by atoms with Gasteiger partial charge in [-0.25, -0.2) is 13.4 Å². The normalized spacial score (nSPS) is 14.9. The van der Waals surface area contributed by atoms with Gasteiger partial charge in [0.25, 0.3) is 0 Å². The molecule has 2 aromatic carbocycles. The second-order valence-corrected chi connectivity index (χ2v) is 9.48. The summed E-state index contributed by atoms with van der Waals surface area (Å²) in [6, 6.07) is 7.46. The third kappa shape index (κ3) is 5.60. The molecule has 1 aliphatic rings. The third-order valence-corrected chi connectivity index (χ3v) is 7.35. The molecule has 4 rings (SSSR count). The zero-order valence-electron chi connectivity index (χ0n) is 19.2. The van der Waals surface area contributed by atoms with Gasteiger partial charge in [0, 0.05) is 37.6 Å². The Morgan fingerprint density at radius 3 is 2.08 bits per heavy atom. The summed E-state index contributed by atoms with van der Waals surface area (Å²) in [6.07, 6.45) is -4.86. The summed E-state index contributed by atoms with van der Waals surface area (Å²) in [5.74, 6) is 1.04. The van der Waals surface area contributed by atoms with E-state index in [0.717, 1.165) is 24.3 Å². The highest BCUT2D eigenvalue weighted by molar-refractivity contribution is 7.89. The molecule has 1 aromatic heterocycles. The Labute approximate surface area is 211 Å². The Balaban J connectivity index is 0.00000361. The number of rotatable bonds is 6. The number of hydrogen-bond donors (Lipinski definition) is 1. The minimum absolute atomic E-state index is 0. The van der Waals surface area contributed by atoms with E-state index in [1.807, 2.05) is 0 Å². The number of halogens is 4. The van der Waals surface area contributed by atoms with Gasteiger partial charge < -0.3 is 24.8 Å². The average molecular weight is 550 g/mol. The van der Waals surface area contributed by atoms with Gasteiger partial charge in [-0.15, -0.1) is 25.6 Å². The molecule has 0 unspecified atom stereocenters. The van der Waals surface area contributed by atoms with Crippen LogP contribution in [0.4, 0.5) is 24.9 Å². The number of aromatic nitrogens is 2. The number of nitrogens with zero attached hydrogens (tertiary/aromatic N) is 4. The number of sulfonamides is 1. The number of alkyl halides is 3. The van der Waals surface area contributed by atoms with Crippen molar-refractivity contribution in [3.63, 3.8) is 0 Å². The molecule has 15 heteroatoms. The molecule has 0 bridgehead atoms. The van der Waals surface area contributed by atoms with E-state index < -0.39 is 22.1 Å². The highest BCUT2D eigenvalue weighted by Crippen LogP contribution is 2.34. The van der Waals surface area contributed by atoms with Crippen LogP contribution in [0.25, 0.3) is 10.9 Å². The van der Waals surface area contributed by atoms with Crippen LogP contribution in [0.3, 0.4) is 0 Å². The standard InChI is InChI=1S/C21H22F3N5O5S.ClH/c1-32-17-11-15-16(12-18(17)33-2)26-20(27-19(15)25)28-7-9-29(10-8-28)35(30,31)14-5-3-13(4-6-14)34-21(22,23)24;/h3-6,11-12H,7-10H2,1-2H3,(H2,25,26,27);1H. The van der Waals surface area contributed by atoms with E-state index in [4.69, 9.17) is 15.2 Å². The molecule has 1 saturated heterocycles. The fourth-order valence-corrected chi connectivity index (χ4v) is 5.12. The van der Waals surface area contributed by atoms with E-state index in [0.29, 0.717) is 28.4 Å². The predicted molar refractivity (Wildman–Crippen MR) is 128 cm³/mol. The Morgan fingerprint density at radius 1 is 0.944 bits per heavy atom. The maximum atomic E-state index is 13.0. The summed E-state index contributed by atoms with van der Waals surface area (Å²) < 4.78 is 78.6. The third-order valence-electron chi connectivity index (χ3n) is 5.44. The summed E-state index contributed by atoms with van der Waals surface area (Å²) in [6.45, 7) is 0.812. The maximum absolute atomic E-state index is 13.0. The lowest BCUT2D eigenvalue weighted by Crippen LogP contribution is -2.49. The van der Waals surface area contributed by atoms with Gasteiger partial charge in [-0.2, -0.15) is 9.29 Å². The predicted octanol–water partition coefficient (Wildman–Crippen LogP) is 3.06. The van der Waals surface area contributed by atoms with Gasteiger partial charge >= 0.3 is 6.36 Å². The molecule has 2 N–H and O–H groups in total. The zero-order valence-corrected chi connectivity index (χ0v) is 20.8. The largest absolute Gasteiger partial charge is 0.573 e. The minimum atomic E-state index is -4.86. The van der Waals surface area contributed by atoms with Crippen molar-refractivity contribution < 1.29 is 35.8 Å². The van der Waals surface area contributed by atoms with Crippen LogP contribution in [-0.4, -0.2) is 69.5 Å². The molecule has 1 aliphatic heterocycles. The maximum Gasteiger partial charge on any atom is 0.573 e. The van der Waals surface area contributed by atoms with Crippen LogP contribution in [0.1, 0.15) is 0 Å². The van der Waals surface area contributed by atoms with Crippen molar-refractivity contribution in [1.29, 1.82) is 0 Å². The minimum Gasteiger partial charge on any atom is -0.493 e. The first kappa shape index (κ1) is 27.4. The van der Waals surface area contributed by atoms with Crippen molar-refractivity contribution in [2.45, 2.75) is 11.3 Å². The van der Waals surface area contributed by atoms with Gasteiger partial charge in [0.1, 0.15) is 11.6 Å². The van der Waals surface area contributed by atoms with Gasteiger partial charge in [-0.05, 0) is 30.3 Å². The molecule has 36 heavy (non-hydrogen) atoms. The second kappa shape index (κ2) is 10.4. The SMILES string of the molecule is COc1cc2nc(N3CCN(S(=O)(=O)c4ccc(OC(F)(F)F)cc4)CC3)nc(N)c2cc1OC.Cl. The molecule has 3 aromatic rings. The number of benzene rings is 2. The highest BCUT2D eigenvalue weighted by atomic mass is 35.5. The Kier molecular flexibility index (Phi) is 7.91. The molecule has 0 saturated carbocycles. The molecule has 0 aliphatic carbocycles. The number of methoxy groups -OCH3 is 2. The molecular formula is C21H23ClF3N5O5S. The first-order valence-electron chi connectivity index (χ1n) is 10.3. The van der Waals surface area contributed by atoms with Crippen LogP contribution in [-0.2, 0) is 10.0 Å². The number of fused-ring (bicyclic) bond motifs is 1. The van der Waals surface area contributed by atoms with E-state index in [1.165, 1.54) is 18.5 Å². The number of nitrogens with two attached hydrogens (primary N) is 1. The lowest BCUT2D eigenvalue weighted by Gasteiger charge is -2.34. The van der Waals surface area contributed by atoms with Gasteiger partial charge in [-0.1, -0.05) is 0 Å². The first-order chi connectivity index (χ1) is 16.5.